The molecular weight excluding hydrogens is 794 g/mol. The van der Waals surface area contributed by atoms with Gasteiger partial charge in [-0.05, 0) is 47.0 Å². The second-order valence-electron chi connectivity index (χ2n) is 16.1. The van der Waals surface area contributed by atoms with Gasteiger partial charge in [0.15, 0.2) is 31.5 Å². The minimum atomic E-state index is -3.01. The van der Waals surface area contributed by atoms with Crippen LogP contribution in [0.5, 0.6) is 0 Å². The Morgan fingerprint density at radius 3 is 1.97 bits per heavy atom. The molecule has 6 aromatic rings. The van der Waals surface area contributed by atoms with Gasteiger partial charge in [0.25, 0.3) is 5.91 Å². The van der Waals surface area contributed by atoms with Crippen molar-refractivity contribution >= 4 is 39.5 Å². The van der Waals surface area contributed by atoms with E-state index in [0.717, 1.165) is 16.7 Å². The second kappa shape index (κ2) is 18.5. The van der Waals surface area contributed by atoms with Crippen LogP contribution in [0.25, 0.3) is 11.2 Å². The molecule has 0 bridgehead atoms. The maximum Gasteiger partial charge on any atom is 0.319 e. The molecular formula is C45H50N7O6PSi. The molecule has 60 heavy (non-hydrogen) atoms. The van der Waals surface area contributed by atoms with Crippen molar-refractivity contribution in [1.82, 2.24) is 24.8 Å². The highest BCUT2D eigenvalue weighted by molar-refractivity contribution is 7.33. The van der Waals surface area contributed by atoms with E-state index in [-0.39, 0.29) is 36.4 Å². The number of nitrogens with zero attached hydrogens (tertiary/aromatic N) is 5. The summed E-state index contributed by atoms with van der Waals surface area (Å²) in [7, 11) is -5.62. The van der Waals surface area contributed by atoms with Crippen molar-refractivity contribution in [1.29, 1.82) is 5.26 Å². The lowest BCUT2D eigenvalue weighted by molar-refractivity contribution is -0.0440. The van der Waals surface area contributed by atoms with Crippen LogP contribution >= 0.6 is 8.25 Å². The molecule has 310 valence electrons. The first kappa shape index (κ1) is 42.8. The van der Waals surface area contributed by atoms with Crippen LogP contribution in [0.3, 0.4) is 0 Å². The average molecular weight is 844 g/mol. The monoisotopic (exact) mass is 843 g/mol. The van der Waals surface area contributed by atoms with Crippen molar-refractivity contribution in [2.45, 2.75) is 75.3 Å². The smallest absolute Gasteiger partial charge is 0.319 e. The van der Waals surface area contributed by atoms with E-state index in [1.54, 1.807) is 30.6 Å². The third-order valence-corrected chi connectivity index (χ3v) is 16.6. The molecule has 4 aromatic carbocycles. The number of carbonyl (C=O) groups excluding carboxylic acids is 1. The molecule has 0 radical (unpaired) electrons. The van der Waals surface area contributed by atoms with Crippen LogP contribution in [-0.2, 0) is 28.3 Å². The Balaban J connectivity index is 1.39. The molecule has 0 spiro atoms. The highest BCUT2D eigenvalue weighted by atomic mass is 31.1. The predicted octanol–water partition coefficient (Wildman–Crippen LogP) is 8.65. The summed E-state index contributed by atoms with van der Waals surface area (Å²) >= 11 is 0. The van der Waals surface area contributed by atoms with Gasteiger partial charge in [-0.15, -0.1) is 0 Å². The fourth-order valence-electron chi connectivity index (χ4n) is 7.26. The summed E-state index contributed by atoms with van der Waals surface area (Å²) in [5.41, 5.74) is 3.22. The number of rotatable bonds is 16. The molecule has 2 N–H and O–H groups in total. The van der Waals surface area contributed by atoms with Gasteiger partial charge in [-0.1, -0.05) is 130 Å². The van der Waals surface area contributed by atoms with Crippen LogP contribution in [0.4, 0.5) is 5.82 Å². The summed E-state index contributed by atoms with van der Waals surface area (Å²) in [4.78, 5) is 27.1. The fraction of sp³-hybridized carbons (Fsp3) is 0.311. The first-order chi connectivity index (χ1) is 28.9. The third kappa shape index (κ3) is 9.03. The highest BCUT2D eigenvalue weighted by Gasteiger charge is 2.54. The molecule has 0 saturated carbocycles. The molecule has 1 amide bonds. The summed E-state index contributed by atoms with van der Waals surface area (Å²) in [6, 6.07) is 40.9. The molecule has 1 saturated heterocycles. The molecule has 13 nitrogen and oxygen atoms in total. The average Bonchev–Trinajstić information content (AvgIpc) is 3.84. The number of imidazole rings is 1. The largest absolute Gasteiger partial charge is 0.408 e. The Morgan fingerprint density at radius 1 is 0.850 bits per heavy atom. The molecule has 1 unspecified atom stereocenters. The van der Waals surface area contributed by atoms with E-state index in [1.165, 1.54) is 6.33 Å². The van der Waals surface area contributed by atoms with E-state index in [0.29, 0.717) is 16.7 Å². The Bertz CT molecular complexity index is 2330. The normalized spacial score (nSPS) is 18.9. The number of hydrogen-bond donors (Lipinski definition) is 2. The van der Waals surface area contributed by atoms with Crippen molar-refractivity contribution < 1.29 is 27.6 Å². The Hall–Kier alpha value is -5.36. The van der Waals surface area contributed by atoms with Gasteiger partial charge >= 0.3 is 8.25 Å². The predicted molar refractivity (Wildman–Crippen MR) is 233 cm³/mol. The van der Waals surface area contributed by atoms with Crippen LogP contribution in [-0.4, -0.2) is 65.2 Å². The zero-order valence-electron chi connectivity index (χ0n) is 34.3. The van der Waals surface area contributed by atoms with E-state index < -0.39 is 46.6 Å². The van der Waals surface area contributed by atoms with Crippen LogP contribution in [0.1, 0.15) is 60.5 Å². The van der Waals surface area contributed by atoms with Gasteiger partial charge in [-0.2, -0.15) is 5.26 Å². The molecule has 0 aliphatic carbocycles. The molecule has 1 aliphatic rings. The number of ether oxygens (including phenoxy) is 1. The van der Waals surface area contributed by atoms with Crippen LogP contribution in [0.2, 0.25) is 18.1 Å². The van der Waals surface area contributed by atoms with E-state index in [9.17, 15) is 9.36 Å². The SMILES string of the molecule is CC(C)(C)[Si](C)(C)O[C@@H]1[C@H](NC(c2ccccc2)(c2ccccc2)c2ccccc2)[C@@H](CO[PH](=O)OCCC#N)O[C@H]1n1cnc2c(NC(=O)c3ccccc3)ncnc21. The Morgan fingerprint density at radius 2 is 1.42 bits per heavy atom. The lowest BCUT2D eigenvalue weighted by Crippen LogP contribution is -2.59. The third-order valence-electron chi connectivity index (χ3n) is 11.3. The van der Waals surface area contributed by atoms with Crippen LogP contribution < -0.4 is 10.6 Å². The van der Waals surface area contributed by atoms with Gasteiger partial charge in [0, 0.05) is 5.56 Å². The van der Waals surface area contributed by atoms with Crippen LogP contribution in [0.15, 0.2) is 134 Å². The van der Waals surface area contributed by atoms with Gasteiger partial charge in [0.2, 0.25) is 0 Å². The number of hydrogen-bond acceptors (Lipinski definition) is 11. The summed E-state index contributed by atoms with van der Waals surface area (Å²) in [5, 5.41) is 15.9. The Labute approximate surface area is 352 Å². The van der Waals surface area contributed by atoms with E-state index in [4.69, 9.17) is 28.5 Å². The minimum absolute atomic E-state index is 0.0236. The summed E-state index contributed by atoms with van der Waals surface area (Å²) in [5.74, 6) is -0.0967. The van der Waals surface area contributed by atoms with Crippen LogP contribution in [0, 0.1) is 11.3 Å². The number of nitrogens with one attached hydrogen (secondary N) is 2. The topological polar surface area (TPSA) is 163 Å². The summed E-state index contributed by atoms with van der Waals surface area (Å²) in [6.07, 6.45) is 0.760. The maximum absolute atomic E-state index is 13.3. The molecule has 15 heteroatoms. The number of carbonyl (C=O) groups is 1. The lowest BCUT2D eigenvalue weighted by atomic mass is 9.76. The van der Waals surface area contributed by atoms with Gasteiger partial charge in [-0.3, -0.25) is 19.2 Å². The van der Waals surface area contributed by atoms with Gasteiger partial charge in [0.05, 0.1) is 43.6 Å². The standard InChI is InChI=1S/C45H50N7O6PSi/c1-44(2,3)60(4,5)58-39-37(51-45(33-21-12-7-13-22-33,34-23-14-8-15-24-34)35-25-16-9-17-26-35)36(29-56-59(54)55-28-18-27-46)57-43(39)52-31-49-38-40(47-30-48-41(38)52)50-42(53)32-19-10-6-11-20-32/h6-17,19-26,30-31,36-37,39,43,51,59H,18,28-29H2,1-5H3,(H,47,48,50,53)/t36-,37-,39-,43-/m1/s1. The maximum atomic E-state index is 13.3. The second-order valence-corrected chi connectivity index (χ2v) is 21.9. The van der Waals surface area contributed by atoms with E-state index >= 15 is 0 Å². The van der Waals surface area contributed by atoms with E-state index in [1.807, 2.05) is 71.3 Å². The number of anilines is 1. The molecule has 7 rings (SSSR count). The molecule has 1 fully saturated rings. The van der Waals surface area contributed by atoms with Crippen molar-refractivity contribution in [3.05, 3.63) is 156 Å². The van der Waals surface area contributed by atoms with Gasteiger partial charge < -0.3 is 23.5 Å². The number of fused-ring (bicyclic) bond motifs is 1. The number of nitriles is 1. The summed E-state index contributed by atoms with van der Waals surface area (Å²) in [6.45, 7) is 10.8. The molecule has 2 aromatic heterocycles. The minimum Gasteiger partial charge on any atom is -0.408 e. The van der Waals surface area contributed by atoms with E-state index in [2.05, 4.69) is 90.9 Å². The fourth-order valence-corrected chi connectivity index (χ4v) is 9.21. The first-order valence-corrected chi connectivity index (χ1v) is 24.0. The molecule has 1 aliphatic heterocycles. The zero-order valence-corrected chi connectivity index (χ0v) is 36.3. The van der Waals surface area contributed by atoms with Crippen molar-refractivity contribution in [2.24, 2.45) is 0 Å². The molecule has 3 heterocycles. The van der Waals surface area contributed by atoms with Gasteiger partial charge in [0.1, 0.15) is 18.5 Å². The summed E-state index contributed by atoms with van der Waals surface area (Å²) < 4.78 is 40.9. The quantitative estimate of drug-likeness (QED) is 0.0415. The number of aromatic nitrogens is 4. The number of benzene rings is 4. The first-order valence-electron chi connectivity index (χ1n) is 19.9. The van der Waals surface area contributed by atoms with Gasteiger partial charge in [-0.25, -0.2) is 15.0 Å². The zero-order chi connectivity index (χ0) is 42.3. The Kier molecular flexibility index (Phi) is 13.2. The van der Waals surface area contributed by atoms with Crippen molar-refractivity contribution in [3.63, 3.8) is 0 Å². The number of amides is 1. The van der Waals surface area contributed by atoms with Crippen molar-refractivity contribution in [2.75, 3.05) is 18.5 Å². The highest BCUT2D eigenvalue weighted by Crippen LogP contribution is 2.46. The van der Waals surface area contributed by atoms with Crippen molar-refractivity contribution in [3.8, 4) is 6.07 Å². The lowest BCUT2D eigenvalue weighted by Gasteiger charge is -2.44. The molecule has 5 atom stereocenters.